The molecule has 0 N–H and O–H groups in total. The molecule has 3 rings (SSSR count). The molecule has 2 aromatic heterocycles. The molecule has 0 fully saturated rings. The Balaban J connectivity index is 2.16. The summed E-state index contributed by atoms with van der Waals surface area (Å²) in [4.78, 5) is 7.64. The summed E-state index contributed by atoms with van der Waals surface area (Å²) in [6.07, 6.45) is 1.69. The fraction of sp³-hybridized carbons (Fsp3) is 0. The number of aromatic nitrogens is 2. The monoisotopic (exact) mass is 225 g/mol. The van der Waals surface area contributed by atoms with Gasteiger partial charge in [-0.25, -0.2) is 4.98 Å². The molecule has 0 atom stereocenters. The second-order valence-corrected chi connectivity index (χ2v) is 3.72. The molecule has 2 nitrogen and oxygen atoms in total. The van der Waals surface area contributed by atoms with Gasteiger partial charge in [-0.1, -0.05) is 12.1 Å². The zero-order chi connectivity index (χ0) is 12.5. The summed E-state index contributed by atoms with van der Waals surface area (Å²) in [5, 5.41) is 0.931. The van der Waals surface area contributed by atoms with Crippen molar-refractivity contribution in [3.63, 3.8) is 0 Å². The molecule has 0 unspecified atom stereocenters. The zero-order valence-corrected chi connectivity index (χ0v) is 8.89. The lowest BCUT2D eigenvalue weighted by Crippen LogP contribution is -1.84. The van der Waals surface area contributed by atoms with Crippen LogP contribution in [0.5, 0.6) is 0 Å². The van der Waals surface area contributed by atoms with E-state index in [0.29, 0.717) is 0 Å². The summed E-state index contributed by atoms with van der Waals surface area (Å²) < 4.78 is 20.5. The maximum Gasteiger partial charge on any atom is 0.213 e. The predicted octanol–water partition coefficient (Wildman–Crippen LogP) is 3.44. The van der Waals surface area contributed by atoms with Gasteiger partial charge in [0, 0.05) is 23.8 Å². The minimum absolute atomic E-state index is 0.241. The molecular formula is C14H9FN2. The Bertz CT molecular complexity index is 728. The van der Waals surface area contributed by atoms with Crippen molar-refractivity contribution in [3.05, 3.63) is 60.8 Å². The molecule has 0 amide bonds. The number of hydrogen-bond acceptors (Lipinski definition) is 2. The van der Waals surface area contributed by atoms with Gasteiger partial charge in [0.25, 0.3) is 0 Å². The van der Waals surface area contributed by atoms with Crippen LogP contribution in [0.15, 0.2) is 54.8 Å². The first-order chi connectivity index (χ1) is 8.72. The Morgan fingerprint density at radius 2 is 1.88 bits per heavy atom. The molecule has 0 spiro atoms. The molecule has 17 heavy (non-hydrogen) atoms. The summed E-state index contributed by atoms with van der Waals surface area (Å²) in [5.74, 6) is -0.493. The SMILES string of the molecule is [2H]c1ccc2cc(-c3ccnc(F)c3)ccc2n1. The van der Waals surface area contributed by atoms with Crippen LogP contribution in [0.1, 0.15) is 1.37 Å². The van der Waals surface area contributed by atoms with E-state index < -0.39 is 5.95 Å². The third kappa shape index (κ3) is 1.87. The molecule has 82 valence electrons. The predicted molar refractivity (Wildman–Crippen MR) is 64.9 cm³/mol. The van der Waals surface area contributed by atoms with Crippen LogP contribution < -0.4 is 0 Å². The molecule has 0 bridgehead atoms. The van der Waals surface area contributed by atoms with E-state index in [9.17, 15) is 4.39 Å². The topological polar surface area (TPSA) is 25.8 Å². The summed E-state index contributed by atoms with van der Waals surface area (Å²) >= 11 is 0. The van der Waals surface area contributed by atoms with Gasteiger partial charge in [0.15, 0.2) is 0 Å². The van der Waals surface area contributed by atoms with Gasteiger partial charge < -0.3 is 0 Å². The van der Waals surface area contributed by atoms with E-state index >= 15 is 0 Å². The van der Waals surface area contributed by atoms with Crippen LogP contribution in [0, 0.1) is 5.95 Å². The van der Waals surface area contributed by atoms with Crippen LogP contribution in [-0.4, -0.2) is 9.97 Å². The van der Waals surface area contributed by atoms with E-state index in [1.54, 1.807) is 12.1 Å². The Hall–Kier alpha value is -2.29. The van der Waals surface area contributed by atoms with Gasteiger partial charge in [-0.05, 0) is 35.4 Å². The van der Waals surface area contributed by atoms with Crippen molar-refractivity contribution >= 4 is 10.9 Å². The third-order valence-corrected chi connectivity index (χ3v) is 2.61. The largest absolute Gasteiger partial charge is 0.256 e. The standard InChI is InChI=1S/C14H9FN2/c15-14-9-11(5-7-17-14)10-3-4-13-12(8-10)2-1-6-16-13/h1-9H/i6D. The summed E-state index contributed by atoms with van der Waals surface area (Å²) in [6.45, 7) is 0. The zero-order valence-electron chi connectivity index (χ0n) is 9.89. The summed E-state index contributed by atoms with van der Waals surface area (Å²) in [6, 6.07) is 12.3. The highest BCUT2D eigenvalue weighted by molar-refractivity contribution is 5.84. The number of pyridine rings is 2. The van der Waals surface area contributed by atoms with Gasteiger partial charge in [0.05, 0.1) is 6.89 Å². The van der Waals surface area contributed by atoms with Crippen molar-refractivity contribution in [2.75, 3.05) is 0 Å². The van der Waals surface area contributed by atoms with E-state index in [0.717, 1.165) is 22.0 Å². The normalized spacial score (nSPS) is 11.5. The molecule has 3 heteroatoms. The minimum Gasteiger partial charge on any atom is -0.256 e. The summed E-state index contributed by atoms with van der Waals surface area (Å²) in [5.41, 5.74) is 2.45. The van der Waals surface area contributed by atoms with E-state index in [1.165, 1.54) is 12.3 Å². The van der Waals surface area contributed by atoms with E-state index in [4.69, 9.17) is 1.37 Å². The van der Waals surface area contributed by atoms with Gasteiger partial charge in [-0.3, -0.25) is 4.98 Å². The number of hydrogen-bond donors (Lipinski definition) is 0. The number of nitrogens with zero attached hydrogens (tertiary/aromatic N) is 2. The molecule has 0 aliphatic heterocycles. The van der Waals surface area contributed by atoms with E-state index in [1.807, 2.05) is 24.3 Å². The third-order valence-electron chi connectivity index (χ3n) is 2.61. The molecule has 0 saturated carbocycles. The van der Waals surface area contributed by atoms with Gasteiger partial charge >= 0.3 is 0 Å². The van der Waals surface area contributed by atoms with Crippen molar-refractivity contribution < 1.29 is 5.76 Å². The van der Waals surface area contributed by atoms with Gasteiger partial charge in [-0.2, -0.15) is 4.39 Å². The average Bonchev–Trinajstić information content (AvgIpc) is 2.38. The first-order valence-corrected chi connectivity index (χ1v) is 5.22. The first kappa shape index (κ1) is 8.82. The highest BCUT2D eigenvalue weighted by atomic mass is 19.1. The lowest BCUT2D eigenvalue weighted by Gasteiger charge is -2.03. The van der Waals surface area contributed by atoms with Crippen LogP contribution in [-0.2, 0) is 0 Å². The van der Waals surface area contributed by atoms with E-state index in [-0.39, 0.29) is 6.17 Å². The quantitative estimate of drug-likeness (QED) is 0.593. The number of halogens is 1. The second kappa shape index (κ2) is 3.94. The minimum atomic E-state index is -0.493. The van der Waals surface area contributed by atoms with Crippen molar-refractivity contribution in [2.24, 2.45) is 0 Å². The number of benzene rings is 1. The van der Waals surface area contributed by atoms with Crippen molar-refractivity contribution in [2.45, 2.75) is 0 Å². The van der Waals surface area contributed by atoms with Crippen LogP contribution in [0.4, 0.5) is 4.39 Å². The maximum absolute atomic E-state index is 13.1. The fourth-order valence-electron chi connectivity index (χ4n) is 1.79. The van der Waals surface area contributed by atoms with Crippen LogP contribution in [0.25, 0.3) is 22.0 Å². The Morgan fingerprint density at radius 1 is 1.00 bits per heavy atom. The van der Waals surface area contributed by atoms with Crippen molar-refractivity contribution in [3.8, 4) is 11.1 Å². The van der Waals surface area contributed by atoms with Gasteiger partial charge in [0.1, 0.15) is 0 Å². The lowest BCUT2D eigenvalue weighted by atomic mass is 10.0. The summed E-state index contributed by atoms with van der Waals surface area (Å²) in [7, 11) is 0. The molecular weight excluding hydrogens is 215 g/mol. The Kier molecular flexibility index (Phi) is 2.04. The average molecular weight is 225 g/mol. The number of rotatable bonds is 1. The number of fused-ring (bicyclic) bond motifs is 1. The Morgan fingerprint density at radius 3 is 2.76 bits per heavy atom. The lowest BCUT2D eigenvalue weighted by molar-refractivity contribution is 0.584. The van der Waals surface area contributed by atoms with Crippen LogP contribution in [0.3, 0.4) is 0 Å². The van der Waals surface area contributed by atoms with Crippen LogP contribution >= 0.6 is 0 Å². The maximum atomic E-state index is 13.1. The molecule has 0 aliphatic carbocycles. The van der Waals surface area contributed by atoms with Crippen molar-refractivity contribution in [1.29, 1.82) is 0 Å². The molecule has 1 aromatic carbocycles. The fourth-order valence-corrected chi connectivity index (χ4v) is 1.79. The van der Waals surface area contributed by atoms with Gasteiger partial charge in [-0.15, -0.1) is 0 Å². The smallest absolute Gasteiger partial charge is 0.213 e. The van der Waals surface area contributed by atoms with E-state index in [2.05, 4.69) is 9.97 Å². The highest BCUT2D eigenvalue weighted by Gasteiger charge is 2.01. The van der Waals surface area contributed by atoms with Gasteiger partial charge in [0.2, 0.25) is 5.95 Å². The molecule has 3 aromatic rings. The van der Waals surface area contributed by atoms with Crippen LogP contribution in [0.2, 0.25) is 0 Å². The molecule has 2 heterocycles. The Labute approximate surface area is 99.2 Å². The molecule has 0 radical (unpaired) electrons. The second-order valence-electron chi connectivity index (χ2n) is 3.72. The van der Waals surface area contributed by atoms with Crippen molar-refractivity contribution in [1.82, 2.24) is 9.97 Å². The molecule has 0 aliphatic rings. The highest BCUT2D eigenvalue weighted by Crippen LogP contribution is 2.23. The molecule has 0 saturated heterocycles. The first-order valence-electron chi connectivity index (χ1n) is 5.72.